The number of hydrogen-bond donors (Lipinski definition) is 1. The number of nitrogens with zero attached hydrogens (tertiary/aromatic N) is 1. The number of allylic oxidation sites excluding steroid dienone is 2. The Hall–Kier alpha value is -3.28. The van der Waals surface area contributed by atoms with Crippen LogP contribution in [0.25, 0.3) is 12.2 Å². The lowest BCUT2D eigenvalue weighted by Crippen LogP contribution is -2.07. The van der Waals surface area contributed by atoms with Gasteiger partial charge in [-0.15, -0.1) is 0 Å². The monoisotopic (exact) mass is 383 g/mol. The Bertz CT molecular complexity index is 894. The van der Waals surface area contributed by atoms with Crippen molar-refractivity contribution >= 4 is 18.1 Å². The Morgan fingerprint density at radius 1 is 1.14 bits per heavy atom. The first-order chi connectivity index (χ1) is 13.4. The van der Waals surface area contributed by atoms with Crippen LogP contribution < -0.4 is 9.47 Å². The molecule has 6 heteroatoms. The van der Waals surface area contributed by atoms with Gasteiger partial charge in [0, 0.05) is 17.8 Å². The third kappa shape index (κ3) is 4.91. The van der Waals surface area contributed by atoms with Gasteiger partial charge in [-0.1, -0.05) is 23.8 Å². The molecule has 2 rings (SSSR count). The fraction of sp³-hybridized carbons (Fsp3) is 0.273. The van der Waals surface area contributed by atoms with Crippen molar-refractivity contribution in [3.05, 3.63) is 58.3 Å². The third-order valence-electron chi connectivity index (χ3n) is 4.14. The molecule has 0 saturated heterocycles. The number of aromatic hydroxyl groups is 1. The molecule has 0 amide bonds. The summed E-state index contributed by atoms with van der Waals surface area (Å²) in [7, 11) is 4.36. The molecule has 0 aliphatic carbocycles. The first-order valence-corrected chi connectivity index (χ1v) is 8.73. The number of phenolic OH excluding ortho intramolecular Hbond substituents is 1. The third-order valence-corrected chi connectivity index (χ3v) is 4.14. The minimum Gasteiger partial charge on any atom is -0.507 e. The fourth-order valence-electron chi connectivity index (χ4n) is 2.64. The Balaban J connectivity index is 2.54. The van der Waals surface area contributed by atoms with Crippen LogP contribution in [0.5, 0.6) is 17.4 Å². The van der Waals surface area contributed by atoms with Gasteiger partial charge in [0.2, 0.25) is 5.88 Å². The number of methoxy groups -OCH3 is 3. The Kier molecular flexibility index (Phi) is 7.21. The van der Waals surface area contributed by atoms with E-state index < -0.39 is 5.97 Å². The second-order valence-corrected chi connectivity index (χ2v) is 6.31. The predicted molar refractivity (Wildman–Crippen MR) is 109 cm³/mol. The second-order valence-electron chi connectivity index (χ2n) is 6.31. The molecule has 1 heterocycles. The van der Waals surface area contributed by atoms with E-state index in [1.165, 1.54) is 14.2 Å². The van der Waals surface area contributed by atoms with E-state index in [1.807, 2.05) is 26.0 Å². The lowest BCUT2D eigenvalue weighted by Gasteiger charge is -2.15. The zero-order valence-electron chi connectivity index (χ0n) is 16.8. The summed E-state index contributed by atoms with van der Waals surface area (Å²) in [5.41, 5.74) is 3.02. The van der Waals surface area contributed by atoms with Crippen LogP contribution >= 0.6 is 0 Å². The summed E-state index contributed by atoms with van der Waals surface area (Å²) >= 11 is 0. The van der Waals surface area contributed by atoms with E-state index in [1.54, 1.807) is 37.6 Å². The van der Waals surface area contributed by atoms with E-state index >= 15 is 0 Å². The van der Waals surface area contributed by atoms with Crippen molar-refractivity contribution in [2.45, 2.75) is 20.3 Å². The summed E-state index contributed by atoms with van der Waals surface area (Å²) in [6.45, 7) is 3.93. The maximum atomic E-state index is 12.3. The van der Waals surface area contributed by atoms with Crippen molar-refractivity contribution in [1.82, 2.24) is 4.98 Å². The van der Waals surface area contributed by atoms with Gasteiger partial charge in [-0.25, -0.2) is 9.78 Å². The zero-order valence-corrected chi connectivity index (χ0v) is 16.8. The smallest absolute Gasteiger partial charge is 0.342 e. The number of rotatable bonds is 7. The Morgan fingerprint density at radius 2 is 1.89 bits per heavy atom. The van der Waals surface area contributed by atoms with Crippen molar-refractivity contribution < 1.29 is 24.1 Å². The number of carbonyl (C=O) groups excluding carboxylic acids is 1. The molecular weight excluding hydrogens is 358 g/mol. The number of benzene rings is 1. The predicted octanol–water partition coefficient (Wildman–Crippen LogP) is 4.27. The highest BCUT2D eigenvalue weighted by atomic mass is 16.5. The molecule has 0 unspecified atom stereocenters. The highest BCUT2D eigenvalue weighted by Gasteiger charge is 2.22. The van der Waals surface area contributed by atoms with Gasteiger partial charge < -0.3 is 19.3 Å². The number of esters is 1. The summed E-state index contributed by atoms with van der Waals surface area (Å²) in [6, 6.07) is 5.29. The van der Waals surface area contributed by atoms with Crippen LogP contribution in [-0.2, 0) is 11.2 Å². The maximum absolute atomic E-state index is 12.3. The average Bonchev–Trinajstić information content (AvgIpc) is 2.70. The quantitative estimate of drug-likeness (QED) is 0.568. The molecule has 6 nitrogen and oxygen atoms in total. The van der Waals surface area contributed by atoms with Gasteiger partial charge in [0.1, 0.15) is 17.1 Å². The van der Waals surface area contributed by atoms with Gasteiger partial charge in [0.05, 0.1) is 21.3 Å². The summed E-state index contributed by atoms with van der Waals surface area (Å²) < 4.78 is 15.4. The van der Waals surface area contributed by atoms with Crippen molar-refractivity contribution in [2.24, 2.45) is 0 Å². The molecule has 1 aromatic carbocycles. The number of ether oxygens (including phenoxy) is 3. The Morgan fingerprint density at radius 3 is 2.43 bits per heavy atom. The number of phenols is 1. The molecular formula is C22H25NO5. The van der Waals surface area contributed by atoms with Crippen LogP contribution in [0.2, 0.25) is 0 Å². The van der Waals surface area contributed by atoms with Crippen LogP contribution in [0.15, 0.2) is 36.0 Å². The van der Waals surface area contributed by atoms with Crippen LogP contribution in [0.4, 0.5) is 0 Å². The normalized spacial score (nSPS) is 10.6. The fourth-order valence-corrected chi connectivity index (χ4v) is 2.64. The summed E-state index contributed by atoms with van der Waals surface area (Å²) in [4.78, 5) is 16.5. The number of pyridine rings is 1. The second kappa shape index (κ2) is 9.60. The van der Waals surface area contributed by atoms with Crippen molar-refractivity contribution in [2.75, 3.05) is 21.3 Å². The molecule has 1 aromatic heterocycles. The van der Waals surface area contributed by atoms with Gasteiger partial charge >= 0.3 is 5.97 Å². The standard InChI is InChI=1S/C22H25NO5/c1-14(2)6-10-17-18(26-3)12-16(20(21(17)24)22(25)28-5)9-7-15-8-11-19(27-4)23-13-15/h6-9,11-13,24H,10H2,1-5H3/b9-7+. The average molecular weight is 383 g/mol. The molecule has 2 aromatic rings. The van der Waals surface area contributed by atoms with Gasteiger partial charge in [0.25, 0.3) is 0 Å². The lowest BCUT2D eigenvalue weighted by atomic mass is 9.97. The van der Waals surface area contributed by atoms with Crippen molar-refractivity contribution in [3.8, 4) is 17.4 Å². The Labute approximate surface area is 165 Å². The van der Waals surface area contributed by atoms with E-state index in [0.717, 1.165) is 11.1 Å². The van der Waals surface area contributed by atoms with Gasteiger partial charge in [-0.3, -0.25) is 0 Å². The molecule has 0 fully saturated rings. The van der Waals surface area contributed by atoms with E-state index in [2.05, 4.69) is 4.98 Å². The molecule has 0 aliphatic heterocycles. The summed E-state index contributed by atoms with van der Waals surface area (Å²) in [6.07, 6.45) is 7.53. The first kappa shape index (κ1) is 21.0. The van der Waals surface area contributed by atoms with Gasteiger partial charge in [-0.05, 0) is 43.5 Å². The molecule has 148 valence electrons. The van der Waals surface area contributed by atoms with Crippen molar-refractivity contribution in [1.29, 1.82) is 0 Å². The first-order valence-electron chi connectivity index (χ1n) is 8.73. The summed E-state index contributed by atoms with van der Waals surface area (Å²) in [5, 5.41) is 10.8. The van der Waals surface area contributed by atoms with Crippen LogP contribution in [0, 0.1) is 0 Å². The van der Waals surface area contributed by atoms with Crippen LogP contribution in [-0.4, -0.2) is 37.4 Å². The molecule has 0 spiro atoms. The summed E-state index contributed by atoms with van der Waals surface area (Å²) in [5.74, 6) is 0.243. The number of hydrogen-bond acceptors (Lipinski definition) is 6. The number of carbonyl (C=O) groups is 1. The molecule has 0 aliphatic rings. The SMILES string of the molecule is COC(=O)c1c(/C=C/c2ccc(OC)nc2)cc(OC)c(CC=C(C)C)c1O. The minimum absolute atomic E-state index is 0.0955. The van der Waals surface area contributed by atoms with E-state index in [-0.39, 0.29) is 11.3 Å². The highest BCUT2D eigenvalue weighted by molar-refractivity contribution is 5.98. The topological polar surface area (TPSA) is 77.9 Å². The van der Waals surface area contributed by atoms with E-state index in [4.69, 9.17) is 14.2 Å². The minimum atomic E-state index is -0.619. The molecule has 28 heavy (non-hydrogen) atoms. The van der Waals surface area contributed by atoms with Gasteiger partial charge in [0.15, 0.2) is 0 Å². The number of aromatic nitrogens is 1. The lowest BCUT2D eigenvalue weighted by molar-refractivity contribution is 0.0597. The molecule has 0 atom stereocenters. The van der Waals surface area contributed by atoms with E-state index in [0.29, 0.717) is 29.2 Å². The molecule has 1 N–H and O–H groups in total. The molecule has 0 bridgehead atoms. The largest absolute Gasteiger partial charge is 0.507 e. The zero-order chi connectivity index (χ0) is 20.7. The van der Waals surface area contributed by atoms with Crippen LogP contribution in [0.1, 0.15) is 40.9 Å². The van der Waals surface area contributed by atoms with Crippen molar-refractivity contribution in [3.63, 3.8) is 0 Å². The molecule has 0 saturated carbocycles. The van der Waals surface area contributed by atoms with Crippen LogP contribution in [0.3, 0.4) is 0 Å². The van der Waals surface area contributed by atoms with E-state index in [9.17, 15) is 9.90 Å². The maximum Gasteiger partial charge on any atom is 0.342 e. The van der Waals surface area contributed by atoms with Gasteiger partial charge in [-0.2, -0.15) is 0 Å². The highest BCUT2D eigenvalue weighted by Crippen LogP contribution is 2.36. The molecule has 0 radical (unpaired) electrons.